The SMILES string of the molecule is CCCc1nn(C)c2c(=O)[nH]c(-c3cc(SNC4CNC4)ccc3OCC)nc12. The third-order valence-electron chi connectivity index (χ3n) is 4.88. The number of benzene rings is 1. The van der Waals surface area contributed by atoms with E-state index in [2.05, 4.69) is 27.0 Å². The average Bonchev–Trinajstić information content (AvgIpc) is 2.98. The summed E-state index contributed by atoms with van der Waals surface area (Å²) in [7, 11) is 1.78. The van der Waals surface area contributed by atoms with Crippen molar-refractivity contribution >= 4 is 23.0 Å². The first-order valence-electron chi connectivity index (χ1n) is 9.96. The maximum absolute atomic E-state index is 12.8. The second kappa shape index (κ2) is 8.56. The van der Waals surface area contributed by atoms with Crippen molar-refractivity contribution in [2.24, 2.45) is 7.05 Å². The minimum atomic E-state index is -0.193. The molecule has 0 unspecified atom stereocenters. The van der Waals surface area contributed by atoms with Crippen molar-refractivity contribution in [2.75, 3.05) is 19.7 Å². The van der Waals surface area contributed by atoms with Gasteiger partial charge in [0.25, 0.3) is 5.56 Å². The van der Waals surface area contributed by atoms with E-state index < -0.39 is 0 Å². The van der Waals surface area contributed by atoms with Crippen LogP contribution < -0.4 is 20.3 Å². The summed E-state index contributed by atoms with van der Waals surface area (Å²) < 4.78 is 10.9. The lowest BCUT2D eigenvalue weighted by atomic mass is 10.1. The van der Waals surface area contributed by atoms with Gasteiger partial charge in [0.2, 0.25) is 0 Å². The van der Waals surface area contributed by atoms with Crippen molar-refractivity contribution in [1.82, 2.24) is 29.8 Å². The summed E-state index contributed by atoms with van der Waals surface area (Å²) in [6.45, 7) is 6.52. The molecule has 0 bridgehead atoms. The Hall–Kier alpha value is -2.36. The van der Waals surface area contributed by atoms with Gasteiger partial charge in [0.05, 0.1) is 17.9 Å². The molecular weight excluding hydrogens is 388 g/mol. The van der Waals surface area contributed by atoms with Crippen LogP contribution in [0.1, 0.15) is 26.0 Å². The van der Waals surface area contributed by atoms with Gasteiger partial charge in [-0.1, -0.05) is 13.3 Å². The van der Waals surface area contributed by atoms with E-state index in [9.17, 15) is 4.79 Å². The number of H-pyrrole nitrogens is 1. The van der Waals surface area contributed by atoms with E-state index >= 15 is 0 Å². The molecule has 1 aromatic carbocycles. The van der Waals surface area contributed by atoms with Gasteiger partial charge >= 0.3 is 0 Å². The fraction of sp³-hybridized carbons (Fsp3) is 0.450. The molecule has 2 aromatic heterocycles. The number of aryl methyl sites for hydroxylation is 2. The van der Waals surface area contributed by atoms with Gasteiger partial charge in [0.15, 0.2) is 5.52 Å². The molecule has 4 rings (SSSR count). The van der Waals surface area contributed by atoms with E-state index in [1.54, 1.807) is 23.7 Å². The minimum Gasteiger partial charge on any atom is -0.493 e. The van der Waals surface area contributed by atoms with Crippen LogP contribution >= 0.6 is 11.9 Å². The monoisotopic (exact) mass is 414 g/mol. The van der Waals surface area contributed by atoms with Gasteiger partial charge < -0.3 is 15.0 Å². The Bertz CT molecular complexity index is 1070. The number of nitrogens with zero attached hydrogens (tertiary/aromatic N) is 3. The molecule has 8 nitrogen and oxygen atoms in total. The van der Waals surface area contributed by atoms with E-state index in [0.717, 1.165) is 42.1 Å². The van der Waals surface area contributed by atoms with Crippen LogP contribution in [0, 0.1) is 0 Å². The molecule has 0 saturated carbocycles. The van der Waals surface area contributed by atoms with Crippen LogP contribution in [-0.4, -0.2) is 45.5 Å². The van der Waals surface area contributed by atoms with Gasteiger partial charge in [-0.2, -0.15) is 5.10 Å². The molecule has 0 aliphatic carbocycles. The molecule has 154 valence electrons. The van der Waals surface area contributed by atoms with Gasteiger partial charge in [-0.15, -0.1) is 0 Å². The summed E-state index contributed by atoms with van der Waals surface area (Å²) >= 11 is 1.58. The third kappa shape index (κ3) is 4.03. The number of hydrogen-bond acceptors (Lipinski definition) is 7. The zero-order valence-electron chi connectivity index (χ0n) is 16.9. The van der Waals surface area contributed by atoms with E-state index in [1.807, 2.05) is 25.1 Å². The van der Waals surface area contributed by atoms with Crippen LogP contribution in [0.3, 0.4) is 0 Å². The van der Waals surface area contributed by atoms with E-state index in [4.69, 9.17) is 9.72 Å². The Labute approximate surface area is 173 Å². The number of fused-ring (bicyclic) bond motifs is 1. The van der Waals surface area contributed by atoms with E-state index in [-0.39, 0.29) is 5.56 Å². The van der Waals surface area contributed by atoms with Crippen LogP contribution in [-0.2, 0) is 13.5 Å². The van der Waals surface area contributed by atoms with Gasteiger partial charge in [-0.3, -0.25) is 14.2 Å². The van der Waals surface area contributed by atoms with Gasteiger partial charge in [-0.25, -0.2) is 4.98 Å². The van der Waals surface area contributed by atoms with E-state index in [1.165, 1.54) is 0 Å². The number of nitrogens with one attached hydrogen (secondary N) is 3. The number of aromatic nitrogens is 4. The smallest absolute Gasteiger partial charge is 0.277 e. The zero-order chi connectivity index (χ0) is 20.4. The van der Waals surface area contributed by atoms with Crippen molar-refractivity contribution in [1.29, 1.82) is 0 Å². The van der Waals surface area contributed by atoms with Gasteiger partial charge in [0, 0.05) is 31.1 Å². The standard InChI is InChI=1S/C20H26N6O2S/c1-4-6-15-17-18(26(3)24-15)20(27)23-19(22-17)14-9-13(7-8-16(14)28-5-2)29-25-12-10-21-11-12/h7-9,12,21,25H,4-6,10-11H2,1-3H3,(H,22,23,27). The summed E-state index contributed by atoms with van der Waals surface area (Å²) in [5.41, 5.74) is 2.59. The van der Waals surface area contributed by atoms with Crippen LogP contribution in [0.15, 0.2) is 27.9 Å². The van der Waals surface area contributed by atoms with Gasteiger partial charge in [-0.05, 0) is 43.5 Å². The lowest BCUT2D eigenvalue weighted by molar-refractivity contribution is 0.341. The van der Waals surface area contributed by atoms with Gasteiger partial charge in [0.1, 0.15) is 17.1 Å². The quantitative estimate of drug-likeness (QED) is 0.487. The summed E-state index contributed by atoms with van der Waals surface area (Å²) in [6.07, 6.45) is 1.72. The van der Waals surface area contributed by atoms with Crippen molar-refractivity contribution < 1.29 is 4.74 Å². The Kier molecular flexibility index (Phi) is 5.89. The highest BCUT2D eigenvalue weighted by atomic mass is 32.2. The second-order valence-corrected chi connectivity index (χ2v) is 8.01. The Morgan fingerprint density at radius 1 is 1.34 bits per heavy atom. The van der Waals surface area contributed by atoms with Crippen molar-refractivity contribution in [3.8, 4) is 17.1 Å². The zero-order valence-corrected chi connectivity index (χ0v) is 17.7. The minimum absolute atomic E-state index is 0.193. The van der Waals surface area contributed by atoms with Crippen molar-refractivity contribution in [3.63, 3.8) is 0 Å². The molecule has 1 aliphatic heterocycles. The maximum Gasteiger partial charge on any atom is 0.277 e. The molecule has 0 amide bonds. The summed E-state index contributed by atoms with van der Waals surface area (Å²) in [4.78, 5) is 21.6. The van der Waals surface area contributed by atoms with E-state index in [0.29, 0.717) is 35.3 Å². The van der Waals surface area contributed by atoms with Crippen LogP contribution in [0.5, 0.6) is 5.75 Å². The topological polar surface area (TPSA) is 96.9 Å². The molecule has 0 radical (unpaired) electrons. The summed E-state index contributed by atoms with van der Waals surface area (Å²) in [5.74, 6) is 1.20. The van der Waals surface area contributed by atoms with Crippen LogP contribution in [0.4, 0.5) is 0 Å². The Balaban J connectivity index is 1.77. The third-order valence-corrected chi connectivity index (χ3v) is 5.82. The number of aromatic amines is 1. The molecule has 3 N–H and O–H groups in total. The molecule has 3 heterocycles. The molecule has 1 fully saturated rings. The van der Waals surface area contributed by atoms with Crippen molar-refractivity contribution in [3.05, 3.63) is 34.2 Å². The molecule has 0 spiro atoms. The number of rotatable bonds is 8. The first kappa shape index (κ1) is 19.9. The second-order valence-electron chi connectivity index (χ2n) is 7.10. The molecule has 29 heavy (non-hydrogen) atoms. The predicted molar refractivity (Wildman–Crippen MR) is 115 cm³/mol. The number of hydrogen-bond donors (Lipinski definition) is 3. The summed E-state index contributed by atoms with van der Waals surface area (Å²) in [6, 6.07) is 6.43. The molecule has 0 atom stereocenters. The van der Waals surface area contributed by atoms with Crippen LogP contribution in [0.2, 0.25) is 0 Å². The summed E-state index contributed by atoms with van der Waals surface area (Å²) in [5, 5.41) is 7.75. The first-order valence-corrected chi connectivity index (χ1v) is 10.8. The molecule has 1 saturated heterocycles. The highest BCUT2D eigenvalue weighted by molar-refractivity contribution is 7.97. The molecule has 9 heteroatoms. The highest BCUT2D eigenvalue weighted by Gasteiger charge is 2.19. The molecular formula is C20H26N6O2S. The highest BCUT2D eigenvalue weighted by Crippen LogP contribution is 2.32. The Morgan fingerprint density at radius 3 is 2.86 bits per heavy atom. The largest absolute Gasteiger partial charge is 0.493 e. The fourth-order valence-electron chi connectivity index (χ4n) is 3.34. The van der Waals surface area contributed by atoms with Crippen LogP contribution in [0.25, 0.3) is 22.4 Å². The molecule has 1 aliphatic rings. The lowest BCUT2D eigenvalue weighted by Gasteiger charge is -2.27. The normalized spacial score (nSPS) is 14.3. The first-order chi connectivity index (χ1) is 14.1. The lowest BCUT2D eigenvalue weighted by Crippen LogP contribution is -2.53. The Morgan fingerprint density at radius 2 is 2.17 bits per heavy atom. The predicted octanol–water partition coefficient (Wildman–Crippen LogP) is 2.24. The average molecular weight is 415 g/mol. The number of ether oxygens (including phenoxy) is 1. The maximum atomic E-state index is 12.8. The fourth-order valence-corrected chi connectivity index (χ4v) is 4.12. The molecule has 3 aromatic rings. The van der Waals surface area contributed by atoms with Crippen molar-refractivity contribution in [2.45, 2.75) is 37.6 Å².